The van der Waals surface area contributed by atoms with Crippen LogP contribution in [0.25, 0.3) is 0 Å². The third-order valence-electron chi connectivity index (χ3n) is 6.16. The molecule has 0 saturated carbocycles. The van der Waals surface area contributed by atoms with E-state index in [1.165, 1.54) is 11.1 Å². The number of anilines is 2. The summed E-state index contributed by atoms with van der Waals surface area (Å²) in [7, 11) is 0. The van der Waals surface area contributed by atoms with Gasteiger partial charge in [0.1, 0.15) is 0 Å². The number of carbonyl (C=O) groups is 1. The topological polar surface area (TPSA) is 59.6 Å². The third kappa shape index (κ3) is 3.05. The Bertz CT molecular complexity index is 1070. The summed E-state index contributed by atoms with van der Waals surface area (Å²) < 4.78 is 11.1. The first-order valence-electron chi connectivity index (χ1n) is 10.1. The molecule has 29 heavy (non-hydrogen) atoms. The van der Waals surface area contributed by atoms with Gasteiger partial charge < -0.3 is 20.1 Å². The number of Topliss-reactive ketones (excluding diaryl/α,β-unsaturated/α-hetero) is 1. The van der Waals surface area contributed by atoms with Crippen molar-refractivity contribution >= 4 is 17.2 Å². The van der Waals surface area contributed by atoms with Gasteiger partial charge in [-0.15, -0.1) is 0 Å². The van der Waals surface area contributed by atoms with Gasteiger partial charge in [0.15, 0.2) is 17.3 Å². The minimum atomic E-state index is -0.237. The average molecular weight is 390 g/mol. The maximum Gasteiger partial charge on any atom is 0.231 e. The zero-order valence-corrected chi connectivity index (χ0v) is 17.3. The van der Waals surface area contributed by atoms with Crippen molar-refractivity contribution in [3.8, 4) is 11.5 Å². The molecule has 5 nitrogen and oxygen atoms in total. The number of ketones is 1. The Labute approximate surface area is 171 Å². The summed E-state index contributed by atoms with van der Waals surface area (Å²) in [5.74, 6) is 1.67. The van der Waals surface area contributed by atoms with Gasteiger partial charge in [0.25, 0.3) is 0 Å². The molecule has 0 spiro atoms. The standard InChI is InChI=1S/C24H26N2O3/c1-13-7-16-17(8-14(13)2)26-23(15-5-6-20-21(9-15)29-12-28-20)22-18(25-16)10-24(3,4)11-19(22)27/h5-9,23,25-26H,10-12H2,1-4H3/t23-/m0/s1. The highest BCUT2D eigenvalue weighted by Gasteiger charge is 2.39. The number of allylic oxidation sites excluding steroid dienone is 1. The second-order valence-electron chi connectivity index (χ2n) is 9.13. The summed E-state index contributed by atoms with van der Waals surface area (Å²) in [6, 6.07) is 10.0. The Kier molecular flexibility index (Phi) is 3.92. The highest BCUT2D eigenvalue weighted by molar-refractivity contribution is 6.01. The molecule has 0 saturated heterocycles. The van der Waals surface area contributed by atoms with Crippen molar-refractivity contribution in [2.45, 2.75) is 46.6 Å². The molecule has 0 aromatic heterocycles. The van der Waals surface area contributed by atoms with Crippen LogP contribution in [0.5, 0.6) is 11.5 Å². The molecular weight excluding hydrogens is 364 g/mol. The van der Waals surface area contributed by atoms with Crippen LogP contribution in [0, 0.1) is 19.3 Å². The van der Waals surface area contributed by atoms with Crippen LogP contribution in [0.3, 0.4) is 0 Å². The van der Waals surface area contributed by atoms with Gasteiger partial charge in [-0.25, -0.2) is 0 Å². The third-order valence-corrected chi connectivity index (χ3v) is 6.16. The second-order valence-corrected chi connectivity index (χ2v) is 9.13. The van der Waals surface area contributed by atoms with Gasteiger partial charge in [0.05, 0.1) is 17.4 Å². The monoisotopic (exact) mass is 390 g/mol. The molecular formula is C24H26N2O3. The van der Waals surface area contributed by atoms with Crippen LogP contribution < -0.4 is 20.1 Å². The van der Waals surface area contributed by atoms with E-state index in [1.807, 2.05) is 18.2 Å². The van der Waals surface area contributed by atoms with Crippen molar-refractivity contribution in [1.29, 1.82) is 0 Å². The summed E-state index contributed by atoms with van der Waals surface area (Å²) in [6.45, 7) is 8.78. The smallest absolute Gasteiger partial charge is 0.231 e. The van der Waals surface area contributed by atoms with Crippen LogP contribution in [0.4, 0.5) is 11.4 Å². The lowest BCUT2D eigenvalue weighted by atomic mass is 9.73. The van der Waals surface area contributed by atoms with Crippen molar-refractivity contribution in [2.24, 2.45) is 5.41 Å². The molecule has 0 bridgehead atoms. The highest BCUT2D eigenvalue weighted by atomic mass is 16.7. The number of benzene rings is 2. The van der Waals surface area contributed by atoms with Crippen LogP contribution >= 0.6 is 0 Å². The van der Waals surface area contributed by atoms with E-state index in [9.17, 15) is 4.79 Å². The molecule has 2 aromatic rings. The molecule has 2 N–H and O–H groups in total. The van der Waals surface area contributed by atoms with Crippen molar-refractivity contribution < 1.29 is 14.3 Å². The lowest BCUT2D eigenvalue weighted by molar-refractivity contribution is -0.118. The fourth-order valence-electron chi connectivity index (χ4n) is 4.55. The van der Waals surface area contributed by atoms with E-state index in [-0.39, 0.29) is 24.0 Å². The number of nitrogens with one attached hydrogen (secondary N) is 2. The molecule has 0 radical (unpaired) electrons. The average Bonchev–Trinajstić information content (AvgIpc) is 3.05. The molecule has 150 valence electrons. The number of hydrogen-bond acceptors (Lipinski definition) is 5. The first kappa shape index (κ1) is 18.1. The zero-order chi connectivity index (χ0) is 20.3. The predicted molar refractivity (Wildman–Crippen MR) is 114 cm³/mol. The Hall–Kier alpha value is -2.95. The largest absolute Gasteiger partial charge is 0.454 e. The molecule has 3 aliphatic rings. The highest BCUT2D eigenvalue weighted by Crippen LogP contribution is 2.47. The lowest BCUT2D eigenvalue weighted by Crippen LogP contribution is -2.31. The van der Waals surface area contributed by atoms with E-state index in [2.05, 4.69) is 50.5 Å². The van der Waals surface area contributed by atoms with Gasteiger partial charge >= 0.3 is 0 Å². The van der Waals surface area contributed by atoms with E-state index in [0.717, 1.165) is 46.1 Å². The Morgan fingerprint density at radius 1 is 0.966 bits per heavy atom. The van der Waals surface area contributed by atoms with Gasteiger partial charge in [-0.3, -0.25) is 4.79 Å². The molecule has 1 aliphatic carbocycles. The fraction of sp³-hybridized carbons (Fsp3) is 0.375. The molecule has 2 aliphatic heterocycles. The van der Waals surface area contributed by atoms with Crippen LogP contribution in [0.15, 0.2) is 41.6 Å². The Balaban J connectivity index is 1.68. The van der Waals surface area contributed by atoms with Gasteiger partial charge in [0.2, 0.25) is 6.79 Å². The summed E-state index contributed by atoms with van der Waals surface area (Å²) in [6.07, 6.45) is 1.38. The normalized spacial score (nSPS) is 21.7. The maximum absolute atomic E-state index is 13.3. The zero-order valence-electron chi connectivity index (χ0n) is 17.3. The van der Waals surface area contributed by atoms with Gasteiger partial charge in [-0.1, -0.05) is 19.9 Å². The number of fused-ring (bicyclic) bond motifs is 2. The second kappa shape index (κ2) is 6.28. The number of carbonyl (C=O) groups excluding carboxylic acids is 1. The number of rotatable bonds is 1. The van der Waals surface area contributed by atoms with Gasteiger partial charge in [0, 0.05) is 17.7 Å². The van der Waals surface area contributed by atoms with Crippen molar-refractivity contribution in [2.75, 3.05) is 17.4 Å². The summed E-state index contributed by atoms with van der Waals surface area (Å²) in [4.78, 5) is 13.3. The molecule has 0 fully saturated rings. The molecule has 1 atom stereocenters. The van der Waals surface area contributed by atoms with E-state index in [1.54, 1.807) is 0 Å². The fourth-order valence-corrected chi connectivity index (χ4v) is 4.55. The van der Waals surface area contributed by atoms with Crippen molar-refractivity contribution in [3.63, 3.8) is 0 Å². The molecule has 2 heterocycles. The SMILES string of the molecule is Cc1cc2c(cc1C)N[C@@H](c1ccc3c(c1)OCO3)C1=C(CC(C)(C)CC1=O)N2. The molecule has 5 heteroatoms. The molecule has 0 unspecified atom stereocenters. The minimum Gasteiger partial charge on any atom is -0.454 e. The summed E-state index contributed by atoms with van der Waals surface area (Å²) in [5.41, 5.74) is 7.26. The summed E-state index contributed by atoms with van der Waals surface area (Å²) in [5, 5.41) is 7.26. The van der Waals surface area contributed by atoms with Crippen molar-refractivity contribution in [1.82, 2.24) is 0 Å². The molecule has 0 amide bonds. The number of hydrogen-bond donors (Lipinski definition) is 2. The van der Waals surface area contributed by atoms with E-state index in [4.69, 9.17) is 9.47 Å². The van der Waals surface area contributed by atoms with Gasteiger partial charge in [-0.05, 0) is 66.6 Å². The molecule has 2 aromatic carbocycles. The lowest BCUT2D eigenvalue weighted by Gasteiger charge is -2.34. The summed E-state index contributed by atoms with van der Waals surface area (Å²) >= 11 is 0. The van der Waals surface area contributed by atoms with Crippen LogP contribution in [-0.4, -0.2) is 12.6 Å². The quantitative estimate of drug-likeness (QED) is 0.696. The number of ether oxygens (including phenoxy) is 2. The first-order valence-corrected chi connectivity index (χ1v) is 10.1. The Morgan fingerprint density at radius 2 is 1.69 bits per heavy atom. The van der Waals surface area contributed by atoms with Crippen LogP contribution in [0.2, 0.25) is 0 Å². The van der Waals surface area contributed by atoms with E-state index >= 15 is 0 Å². The van der Waals surface area contributed by atoms with E-state index < -0.39 is 0 Å². The maximum atomic E-state index is 13.3. The van der Waals surface area contributed by atoms with Crippen molar-refractivity contribution in [3.05, 3.63) is 58.3 Å². The van der Waals surface area contributed by atoms with Gasteiger partial charge in [-0.2, -0.15) is 0 Å². The number of aryl methyl sites for hydroxylation is 2. The van der Waals surface area contributed by atoms with Crippen LogP contribution in [0.1, 0.15) is 49.4 Å². The minimum absolute atomic E-state index is 0.0629. The van der Waals surface area contributed by atoms with E-state index in [0.29, 0.717) is 6.42 Å². The molecule has 5 rings (SSSR count). The Morgan fingerprint density at radius 3 is 2.48 bits per heavy atom. The predicted octanol–water partition coefficient (Wildman–Crippen LogP) is 5.25. The first-order chi connectivity index (χ1) is 13.8. The van der Waals surface area contributed by atoms with Crippen LogP contribution in [-0.2, 0) is 4.79 Å².